The lowest BCUT2D eigenvalue weighted by molar-refractivity contribution is 0.102. The van der Waals surface area contributed by atoms with Crippen molar-refractivity contribution >= 4 is 17.5 Å². The van der Waals surface area contributed by atoms with Crippen LogP contribution in [-0.2, 0) is 0 Å². The highest BCUT2D eigenvalue weighted by Gasteiger charge is 2.10. The van der Waals surface area contributed by atoms with Crippen LogP contribution < -0.4 is 11.1 Å². The first-order valence-corrected chi connectivity index (χ1v) is 4.55. The SMILES string of the molecule is Nc1ccncc1C(=O)Nc1ncccn1. The summed E-state index contributed by atoms with van der Waals surface area (Å²) < 4.78 is 0. The lowest BCUT2D eigenvalue weighted by atomic mass is 10.2. The molecule has 2 aromatic rings. The van der Waals surface area contributed by atoms with Gasteiger partial charge in [0.2, 0.25) is 5.95 Å². The molecular weight excluding hydrogens is 206 g/mol. The number of nitrogens with two attached hydrogens (primary N) is 1. The molecule has 6 nitrogen and oxygen atoms in total. The molecule has 0 unspecified atom stereocenters. The molecule has 0 aliphatic carbocycles. The molecule has 2 aromatic heterocycles. The van der Waals surface area contributed by atoms with E-state index in [1.54, 1.807) is 12.1 Å². The highest BCUT2D eigenvalue weighted by Crippen LogP contribution is 2.10. The van der Waals surface area contributed by atoms with Crippen LogP contribution >= 0.6 is 0 Å². The summed E-state index contributed by atoms with van der Waals surface area (Å²) in [5.74, 6) is -0.146. The van der Waals surface area contributed by atoms with Crippen molar-refractivity contribution in [1.29, 1.82) is 0 Å². The maximum absolute atomic E-state index is 11.7. The number of carbonyl (C=O) groups excluding carboxylic acids is 1. The molecule has 0 saturated carbocycles. The van der Waals surface area contributed by atoms with Crippen molar-refractivity contribution in [3.8, 4) is 0 Å². The fraction of sp³-hybridized carbons (Fsp3) is 0. The molecule has 0 saturated heterocycles. The molecule has 2 heterocycles. The van der Waals surface area contributed by atoms with E-state index in [1.165, 1.54) is 24.8 Å². The van der Waals surface area contributed by atoms with Gasteiger partial charge in [0.1, 0.15) is 0 Å². The molecule has 16 heavy (non-hydrogen) atoms. The highest BCUT2D eigenvalue weighted by atomic mass is 16.1. The highest BCUT2D eigenvalue weighted by molar-refractivity contribution is 6.06. The van der Waals surface area contributed by atoms with Gasteiger partial charge in [0.15, 0.2) is 0 Å². The van der Waals surface area contributed by atoms with E-state index >= 15 is 0 Å². The standard InChI is InChI=1S/C10H9N5O/c11-8-2-5-12-6-7(8)9(16)15-10-13-3-1-4-14-10/h1-6H,(H2,11,12)(H,13,14,15,16). The molecule has 0 atom stereocenters. The number of pyridine rings is 1. The van der Waals surface area contributed by atoms with Gasteiger partial charge >= 0.3 is 0 Å². The maximum atomic E-state index is 11.7. The number of amides is 1. The van der Waals surface area contributed by atoms with Crippen LogP contribution in [0.5, 0.6) is 0 Å². The molecule has 0 radical (unpaired) electrons. The van der Waals surface area contributed by atoms with E-state index in [4.69, 9.17) is 5.73 Å². The Bertz CT molecular complexity index is 500. The predicted molar refractivity (Wildman–Crippen MR) is 58.6 cm³/mol. The van der Waals surface area contributed by atoms with Crippen LogP contribution in [0.1, 0.15) is 10.4 Å². The smallest absolute Gasteiger partial charge is 0.261 e. The average molecular weight is 215 g/mol. The van der Waals surface area contributed by atoms with Gasteiger partial charge < -0.3 is 5.73 Å². The summed E-state index contributed by atoms with van der Waals surface area (Å²) in [6.45, 7) is 0. The van der Waals surface area contributed by atoms with Gasteiger partial charge in [0, 0.05) is 30.5 Å². The maximum Gasteiger partial charge on any atom is 0.261 e. The Morgan fingerprint density at radius 2 is 2.00 bits per heavy atom. The van der Waals surface area contributed by atoms with Crippen LogP contribution in [0.3, 0.4) is 0 Å². The number of nitrogens with one attached hydrogen (secondary N) is 1. The van der Waals surface area contributed by atoms with E-state index in [0.29, 0.717) is 11.3 Å². The second-order valence-corrected chi connectivity index (χ2v) is 2.99. The predicted octanol–water partition coefficient (Wildman–Crippen LogP) is 0.706. The zero-order chi connectivity index (χ0) is 11.4. The Morgan fingerprint density at radius 1 is 1.25 bits per heavy atom. The molecule has 0 aromatic carbocycles. The van der Waals surface area contributed by atoms with Crippen LogP contribution in [0.25, 0.3) is 0 Å². The van der Waals surface area contributed by atoms with Crippen molar-refractivity contribution in [2.24, 2.45) is 0 Å². The minimum absolute atomic E-state index is 0.232. The Hall–Kier alpha value is -2.50. The van der Waals surface area contributed by atoms with Crippen LogP contribution in [-0.4, -0.2) is 20.9 Å². The zero-order valence-electron chi connectivity index (χ0n) is 8.29. The van der Waals surface area contributed by atoms with Gasteiger partial charge in [-0.15, -0.1) is 0 Å². The largest absolute Gasteiger partial charge is 0.398 e. The first-order chi connectivity index (χ1) is 7.77. The molecular formula is C10H9N5O. The number of carbonyl (C=O) groups is 1. The number of aromatic nitrogens is 3. The van der Waals surface area contributed by atoms with Gasteiger partial charge in [-0.25, -0.2) is 9.97 Å². The fourth-order valence-corrected chi connectivity index (χ4v) is 1.13. The quantitative estimate of drug-likeness (QED) is 0.769. The normalized spacial score (nSPS) is 9.75. The van der Waals surface area contributed by atoms with E-state index in [1.807, 2.05) is 0 Å². The molecule has 0 spiro atoms. The van der Waals surface area contributed by atoms with E-state index in [2.05, 4.69) is 20.3 Å². The van der Waals surface area contributed by atoms with Crippen molar-refractivity contribution in [1.82, 2.24) is 15.0 Å². The van der Waals surface area contributed by atoms with Gasteiger partial charge in [0.25, 0.3) is 5.91 Å². The zero-order valence-corrected chi connectivity index (χ0v) is 8.29. The summed E-state index contributed by atoms with van der Waals surface area (Å²) in [7, 11) is 0. The third-order valence-corrected chi connectivity index (χ3v) is 1.89. The molecule has 3 N–H and O–H groups in total. The number of nitrogens with zero attached hydrogens (tertiary/aromatic N) is 3. The van der Waals surface area contributed by atoms with Crippen molar-refractivity contribution in [3.05, 3.63) is 42.5 Å². The Labute approximate surface area is 91.6 Å². The molecule has 0 aliphatic heterocycles. The lowest BCUT2D eigenvalue weighted by Gasteiger charge is -2.04. The van der Waals surface area contributed by atoms with Crippen molar-refractivity contribution in [2.45, 2.75) is 0 Å². The number of hydrogen-bond donors (Lipinski definition) is 2. The van der Waals surface area contributed by atoms with Gasteiger partial charge in [-0.3, -0.25) is 15.1 Å². The second-order valence-electron chi connectivity index (χ2n) is 2.99. The first-order valence-electron chi connectivity index (χ1n) is 4.55. The summed E-state index contributed by atoms with van der Waals surface area (Å²) in [6, 6.07) is 3.22. The summed E-state index contributed by atoms with van der Waals surface area (Å²) in [5.41, 5.74) is 6.30. The van der Waals surface area contributed by atoms with Crippen molar-refractivity contribution < 1.29 is 4.79 Å². The average Bonchev–Trinajstić information content (AvgIpc) is 2.31. The van der Waals surface area contributed by atoms with E-state index in [-0.39, 0.29) is 11.9 Å². The number of anilines is 2. The van der Waals surface area contributed by atoms with Crippen LogP contribution in [0.4, 0.5) is 11.6 Å². The molecule has 0 aliphatic rings. The molecule has 6 heteroatoms. The fourth-order valence-electron chi connectivity index (χ4n) is 1.13. The summed E-state index contributed by atoms with van der Waals surface area (Å²) in [6.07, 6.45) is 5.99. The number of hydrogen-bond acceptors (Lipinski definition) is 5. The lowest BCUT2D eigenvalue weighted by Crippen LogP contribution is -2.15. The molecule has 1 amide bonds. The molecule has 80 valence electrons. The monoisotopic (exact) mass is 215 g/mol. The van der Waals surface area contributed by atoms with E-state index in [0.717, 1.165) is 0 Å². The molecule has 0 fully saturated rings. The van der Waals surface area contributed by atoms with Crippen molar-refractivity contribution in [2.75, 3.05) is 11.1 Å². The molecule has 0 bridgehead atoms. The Balaban J connectivity index is 2.19. The van der Waals surface area contributed by atoms with Gasteiger partial charge in [-0.05, 0) is 12.1 Å². The van der Waals surface area contributed by atoms with Gasteiger partial charge in [-0.2, -0.15) is 0 Å². The molecule has 2 rings (SSSR count). The third-order valence-electron chi connectivity index (χ3n) is 1.89. The topological polar surface area (TPSA) is 93.8 Å². The minimum atomic E-state index is -0.378. The van der Waals surface area contributed by atoms with Gasteiger partial charge in [0.05, 0.1) is 5.56 Å². The van der Waals surface area contributed by atoms with E-state index < -0.39 is 0 Å². The van der Waals surface area contributed by atoms with E-state index in [9.17, 15) is 4.79 Å². The Morgan fingerprint density at radius 3 is 2.69 bits per heavy atom. The number of nitrogen functional groups attached to an aromatic ring is 1. The summed E-state index contributed by atoms with van der Waals surface area (Å²) >= 11 is 0. The van der Waals surface area contributed by atoms with Crippen LogP contribution in [0.2, 0.25) is 0 Å². The van der Waals surface area contributed by atoms with Crippen LogP contribution in [0, 0.1) is 0 Å². The third kappa shape index (κ3) is 2.11. The summed E-state index contributed by atoms with van der Waals surface area (Å²) in [5, 5.41) is 2.52. The minimum Gasteiger partial charge on any atom is -0.398 e. The van der Waals surface area contributed by atoms with Gasteiger partial charge in [-0.1, -0.05) is 0 Å². The first kappa shape index (κ1) is 10.0. The number of rotatable bonds is 2. The Kier molecular flexibility index (Phi) is 2.73. The second kappa shape index (κ2) is 4.35. The summed E-state index contributed by atoms with van der Waals surface area (Å²) in [4.78, 5) is 23.3. The van der Waals surface area contributed by atoms with Crippen molar-refractivity contribution in [3.63, 3.8) is 0 Å². The van der Waals surface area contributed by atoms with Crippen LogP contribution in [0.15, 0.2) is 36.9 Å².